The molecule has 0 amide bonds. The van der Waals surface area contributed by atoms with Crippen LogP contribution in [0.25, 0.3) is 0 Å². The molecular weight excluding hydrogens is 304 g/mol. The summed E-state index contributed by atoms with van der Waals surface area (Å²) in [4.78, 5) is 22.8. The van der Waals surface area contributed by atoms with Crippen molar-refractivity contribution >= 4 is 46.6 Å². The van der Waals surface area contributed by atoms with Crippen LogP contribution in [-0.4, -0.2) is 20.7 Å². The van der Waals surface area contributed by atoms with Crippen LogP contribution in [0.4, 0.5) is 11.5 Å². The van der Waals surface area contributed by atoms with Gasteiger partial charge in [0.25, 0.3) is 5.56 Å². The summed E-state index contributed by atoms with van der Waals surface area (Å²) in [6, 6.07) is 6.07. The van der Waals surface area contributed by atoms with E-state index < -0.39 is 0 Å². The van der Waals surface area contributed by atoms with Gasteiger partial charge in [-0.2, -0.15) is 0 Å². The number of aromatic nitrogens is 2. The molecule has 21 heavy (non-hydrogen) atoms. The SMILES string of the molecule is O=c1[nH]c(=S)[nH]c2c1CC(c1ccc3c(c1)CC(=S)N3)=N2. The molecule has 0 saturated carbocycles. The molecule has 0 atom stereocenters. The second-order valence-electron chi connectivity index (χ2n) is 5.07. The summed E-state index contributed by atoms with van der Waals surface area (Å²) in [5.41, 5.74) is 4.56. The van der Waals surface area contributed by atoms with E-state index >= 15 is 0 Å². The van der Waals surface area contributed by atoms with Gasteiger partial charge in [0.15, 0.2) is 4.77 Å². The van der Waals surface area contributed by atoms with E-state index in [-0.39, 0.29) is 5.56 Å². The molecule has 0 bridgehead atoms. The van der Waals surface area contributed by atoms with Crippen molar-refractivity contribution in [1.29, 1.82) is 0 Å². The van der Waals surface area contributed by atoms with Gasteiger partial charge in [-0.3, -0.25) is 9.78 Å². The van der Waals surface area contributed by atoms with Crippen LogP contribution in [0, 0.1) is 4.77 Å². The Bertz CT molecular complexity index is 939. The summed E-state index contributed by atoms with van der Waals surface area (Å²) in [5, 5.41) is 3.17. The van der Waals surface area contributed by atoms with Gasteiger partial charge in [0.05, 0.1) is 16.3 Å². The van der Waals surface area contributed by atoms with Gasteiger partial charge in [0.2, 0.25) is 0 Å². The van der Waals surface area contributed by atoms with E-state index in [0.29, 0.717) is 22.6 Å². The maximum Gasteiger partial charge on any atom is 0.257 e. The van der Waals surface area contributed by atoms with Crippen molar-refractivity contribution in [2.75, 3.05) is 5.32 Å². The molecule has 0 spiro atoms. The maximum atomic E-state index is 11.9. The fraction of sp³-hybridized carbons (Fsp3) is 0.143. The third-order valence-corrected chi connectivity index (χ3v) is 4.12. The van der Waals surface area contributed by atoms with E-state index in [9.17, 15) is 4.79 Å². The molecule has 5 nitrogen and oxygen atoms in total. The monoisotopic (exact) mass is 314 g/mol. The highest BCUT2D eigenvalue weighted by atomic mass is 32.1. The number of benzene rings is 1. The first-order valence-corrected chi connectivity index (χ1v) is 7.28. The molecule has 3 heterocycles. The number of aliphatic imine (C=N–C) groups is 1. The van der Waals surface area contributed by atoms with Gasteiger partial charge in [0, 0.05) is 18.5 Å². The summed E-state index contributed by atoms with van der Waals surface area (Å²) in [5.74, 6) is 0.563. The number of rotatable bonds is 1. The molecule has 4 rings (SSSR count). The Balaban J connectivity index is 1.77. The second kappa shape index (κ2) is 4.44. The van der Waals surface area contributed by atoms with Gasteiger partial charge in [-0.15, -0.1) is 0 Å². The van der Waals surface area contributed by atoms with Crippen molar-refractivity contribution in [2.24, 2.45) is 4.99 Å². The molecule has 0 aliphatic carbocycles. The molecule has 0 unspecified atom stereocenters. The van der Waals surface area contributed by atoms with Crippen LogP contribution in [-0.2, 0) is 12.8 Å². The van der Waals surface area contributed by atoms with Gasteiger partial charge < -0.3 is 10.3 Å². The Morgan fingerprint density at radius 2 is 2.00 bits per heavy atom. The predicted molar refractivity (Wildman–Crippen MR) is 88.5 cm³/mol. The minimum Gasteiger partial charge on any atom is -0.350 e. The number of hydrogen-bond donors (Lipinski definition) is 3. The Morgan fingerprint density at radius 1 is 1.14 bits per heavy atom. The van der Waals surface area contributed by atoms with Crippen LogP contribution in [0.15, 0.2) is 28.0 Å². The van der Waals surface area contributed by atoms with Crippen LogP contribution < -0.4 is 10.9 Å². The topological polar surface area (TPSA) is 73.0 Å². The molecule has 2 aromatic rings. The molecule has 1 aromatic heterocycles. The van der Waals surface area contributed by atoms with E-state index in [1.165, 1.54) is 0 Å². The number of nitrogens with zero attached hydrogens (tertiary/aromatic N) is 1. The molecule has 3 N–H and O–H groups in total. The lowest BCUT2D eigenvalue weighted by Crippen LogP contribution is -2.14. The highest BCUT2D eigenvalue weighted by molar-refractivity contribution is 7.80. The fourth-order valence-electron chi connectivity index (χ4n) is 2.68. The van der Waals surface area contributed by atoms with Crippen molar-refractivity contribution in [2.45, 2.75) is 12.8 Å². The number of hydrogen-bond acceptors (Lipinski definition) is 4. The quantitative estimate of drug-likeness (QED) is 0.707. The predicted octanol–water partition coefficient (Wildman–Crippen LogP) is 2.40. The Labute approximate surface area is 130 Å². The first-order valence-electron chi connectivity index (χ1n) is 6.46. The normalized spacial score (nSPS) is 15.4. The number of anilines is 1. The van der Waals surface area contributed by atoms with Crippen molar-refractivity contribution in [1.82, 2.24) is 9.97 Å². The third kappa shape index (κ3) is 2.05. The fourth-order valence-corrected chi connectivity index (χ4v) is 3.13. The van der Waals surface area contributed by atoms with Crippen molar-refractivity contribution in [3.05, 3.63) is 50.0 Å². The molecule has 1 aromatic carbocycles. The second-order valence-corrected chi connectivity index (χ2v) is 5.97. The van der Waals surface area contributed by atoms with Crippen LogP contribution in [0.2, 0.25) is 0 Å². The summed E-state index contributed by atoms with van der Waals surface area (Å²) >= 11 is 10.2. The lowest BCUT2D eigenvalue weighted by Gasteiger charge is -2.03. The van der Waals surface area contributed by atoms with Gasteiger partial charge in [-0.1, -0.05) is 18.3 Å². The number of nitrogens with one attached hydrogen (secondary N) is 3. The van der Waals surface area contributed by atoms with Gasteiger partial charge >= 0.3 is 0 Å². The van der Waals surface area contributed by atoms with Crippen LogP contribution in [0.3, 0.4) is 0 Å². The van der Waals surface area contributed by atoms with E-state index in [0.717, 1.165) is 33.9 Å². The molecular formula is C14H10N4OS2. The zero-order valence-electron chi connectivity index (χ0n) is 10.8. The highest BCUT2D eigenvalue weighted by Gasteiger charge is 2.22. The van der Waals surface area contributed by atoms with Crippen LogP contribution >= 0.6 is 24.4 Å². The number of H-pyrrole nitrogens is 2. The average molecular weight is 314 g/mol. The molecule has 2 aliphatic rings. The standard InChI is InChI=1S/C14H10N4OS2/c19-13-8-5-10(16-12(8)17-14(21)18-13)6-1-2-9-7(3-6)4-11(20)15-9/h1-3H,4-5H2,(H,15,20)(H2,17,18,19,21). The summed E-state index contributed by atoms with van der Waals surface area (Å²) < 4.78 is 0.298. The number of aromatic amines is 2. The largest absolute Gasteiger partial charge is 0.350 e. The summed E-state index contributed by atoms with van der Waals surface area (Å²) in [6.45, 7) is 0. The zero-order chi connectivity index (χ0) is 14.6. The minimum atomic E-state index is -0.170. The van der Waals surface area contributed by atoms with Crippen molar-refractivity contribution < 1.29 is 0 Å². The minimum absolute atomic E-state index is 0.170. The maximum absolute atomic E-state index is 11.9. The zero-order valence-corrected chi connectivity index (χ0v) is 12.5. The van der Waals surface area contributed by atoms with E-state index in [1.54, 1.807) is 0 Å². The van der Waals surface area contributed by atoms with Gasteiger partial charge in [-0.05, 0) is 35.5 Å². The molecule has 2 aliphatic heterocycles. The van der Waals surface area contributed by atoms with Crippen LogP contribution in [0.1, 0.15) is 16.7 Å². The van der Waals surface area contributed by atoms with Gasteiger partial charge in [-0.25, -0.2) is 4.99 Å². The van der Waals surface area contributed by atoms with E-state index in [4.69, 9.17) is 24.4 Å². The highest BCUT2D eigenvalue weighted by Crippen LogP contribution is 2.28. The van der Waals surface area contributed by atoms with Crippen molar-refractivity contribution in [3.8, 4) is 0 Å². The summed E-state index contributed by atoms with van der Waals surface area (Å²) in [7, 11) is 0. The van der Waals surface area contributed by atoms with E-state index in [1.807, 2.05) is 12.1 Å². The third-order valence-electron chi connectivity index (χ3n) is 3.67. The Morgan fingerprint density at radius 3 is 2.86 bits per heavy atom. The van der Waals surface area contributed by atoms with Crippen LogP contribution in [0.5, 0.6) is 0 Å². The molecule has 7 heteroatoms. The first-order chi connectivity index (χ1) is 10.1. The lowest BCUT2D eigenvalue weighted by atomic mass is 10.0. The molecule has 104 valence electrons. The molecule has 0 radical (unpaired) electrons. The first kappa shape index (κ1) is 12.6. The Hall–Kier alpha value is -2.12. The Kier molecular flexibility index (Phi) is 2.66. The van der Waals surface area contributed by atoms with Crippen molar-refractivity contribution in [3.63, 3.8) is 0 Å². The summed E-state index contributed by atoms with van der Waals surface area (Å²) in [6.07, 6.45) is 1.26. The number of fused-ring (bicyclic) bond motifs is 2. The smallest absolute Gasteiger partial charge is 0.257 e. The van der Waals surface area contributed by atoms with E-state index in [2.05, 4.69) is 26.3 Å². The lowest BCUT2D eigenvalue weighted by molar-refractivity contribution is 1.05. The van der Waals surface area contributed by atoms with Gasteiger partial charge in [0.1, 0.15) is 5.82 Å². The molecule has 0 saturated heterocycles. The number of thiocarbonyl (C=S) groups is 1. The average Bonchev–Trinajstić information content (AvgIpc) is 2.99. The molecule has 0 fully saturated rings.